The van der Waals surface area contributed by atoms with Crippen LogP contribution in [0.25, 0.3) is 20.8 Å². The van der Waals surface area contributed by atoms with Crippen LogP contribution >= 0.6 is 11.3 Å². The fraction of sp³-hybridized carbons (Fsp3) is 0.125. The second-order valence-electron chi connectivity index (χ2n) is 4.97. The normalized spacial score (nSPS) is 10.6. The zero-order valence-electron chi connectivity index (χ0n) is 13.0. The fourth-order valence-corrected chi connectivity index (χ4v) is 3.24. The minimum atomic E-state index is -1.19. The summed E-state index contributed by atoms with van der Waals surface area (Å²) in [7, 11) is 1.55. The van der Waals surface area contributed by atoms with E-state index in [1.54, 1.807) is 13.2 Å². The Hall–Kier alpha value is -3.20. The van der Waals surface area contributed by atoms with Gasteiger partial charge in [-0.15, -0.1) is 11.3 Å². The maximum absolute atomic E-state index is 12.0. The molecule has 0 fully saturated rings. The molecule has 3 N–H and O–H groups in total. The van der Waals surface area contributed by atoms with Gasteiger partial charge in [0, 0.05) is 0 Å². The topological polar surface area (TPSA) is 122 Å². The van der Waals surface area contributed by atoms with Gasteiger partial charge in [0.25, 0.3) is 5.91 Å². The zero-order chi connectivity index (χ0) is 18.0. The molecule has 2 heterocycles. The van der Waals surface area contributed by atoms with Crippen molar-refractivity contribution >= 4 is 33.4 Å². The summed E-state index contributed by atoms with van der Waals surface area (Å²) in [6.07, 6.45) is 1.36. The monoisotopic (exact) mass is 359 g/mol. The molecular weight excluding hydrogens is 346 g/mol. The molecule has 0 saturated heterocycles. The molecule has 0 aliphatic rings. The van der Waals surface area contributed by atoms with Crippen molar-refractivity contribution in [2.45, 2.75) is 0 Å². The number of thiazole rings is 1. The molecule has 0 saturated carbocycles. The number of carbonyl (C=O) groups excluding carboxylic acids is 1. The number of aromatic hydroxyl groups is 1. The van der Waals surface area contributed by atoms with Crippen molar-refractivity contribution < 1.29 is 24.5 Å². The predicted octanol–water partition coefficient (Wildman–Crippen LogP) is 1.89. The summed E-state index contributed by atoms with van der Waals surface area (Å²) in [5.74, 6) is -1.66. The maximum Gasteiger partial charge on any atom is 0.322 e. The van der Waals surface area contributed by atoms with E-state index in [0.717, 1.165) is 5.56 Å². The third kappa shape index (κ3) is 3.22. The molecule has 9 heteroatoms. The number of pyridine rings is 1. The number of nitrogens with zero attached hydrogens (tertiary/aromatic N) is 2. The van der Waals surface area contributed by atoms with Crippen LogP contribution in [-0.2, 0) is 4.79 Å². The van der Waals surface area contributed by atoms with Crippen molar-refractivity contribution in [2.75, 3.05) is 13.7 Å². The van der Waals surface area contributed by atoms with E-state index in [2.05, 4.69) is 15.3 Å². The average Bonchev–Trinajstić information content (AvgIpc) is 3.05. The first-order valence-corrected chi connectivity index (χ1v) is 7.94. The number of hydrogen-bond acceptors (Lipinski definition) is 7. The standard InChI is InChI=1S/C16H13N3O5S/c1-24-10-5-3-2-4-8(10)16-19-9-6-17-12(13(22)14(9)25-16)15(23)18-7-11(20)21/h2-6,22H,7H2,1H3,(H,18,23)(H,20,21). The van der Waals surface area contributed by atoms with Crippen LogP contribution in [0.1, 0.15) is 10.5 Å². The molecule has 25 heavy (non-hydrogen) atoms. The molecule has 3 aromatic rings. The van der Waals surface area contributed by atoms with Crippen LogP contribution in [0.5, 0.6) is 11.5 Å². The average molecular weight is 359 g/mol. The molecule has 0 aliphatic carbocycles. The van der Waals surface area contributed by atoms with Crippen LogP contribution in [0.3, 0.4) is 0 Å². The maximum atomic E-state index is 12.0. The van der Waals surface area contributed by atoms with Gasteiger partial charge in [-0.1, -0.05) is 12.1 Å². The first kappa shape index (κ1) is 16.7. The van der Waals surface area contributed by atoms with Crippen LogP contribution in [0.15, 0.2) is 30.5 Å². The first-order chi connectivity index (χ1) is 12.0. The Kier molecular flexibility index (Phi) is 4.48. The van der Waals surface area contributed by atoms with Gasteiger partial charge >= 0.3 is 5.97 Å². The van der Waals surface area contributed by atoms with Gasteiger partial charge in [0.1, 0.15) is 27.5 Å². The second-order valence-corrected chi connectivity index (χ2v) is 5.96. The lowest BCUT2D eigenvalue weighted by molar-refractivity contribution is -0.135. The number of methoxy groups -OCH3 is 1. The molecule has 0 bridgehead atoms. The smallest absolute Gasteiger partial charge is 0.322 e. The summed E-state index contributed by atoms with van der Waals surface area (Å²) in [5, 5.41) is 21.7. The molecule has 0 spiro atoms. The minimum Gasteiger partial charge on any atom is -0.504 e. The van der Waals surface area contributed by atoms with E-state index in [-0.39, 0.29) is 11.4 Å². The summed E-state index contributed by atoms with van der Waals surface area (Å²) < 4.78 is 5.70. The van der Waals surface area contributed by atoms with Crippen LogP contribution in [0, 0.1) is 0 Å². The lowest BCUT2D eigenvalue weighted by Gasteiger charge is -2.04. The summed E-state index contributed by atoms with van der Waals surface area (Å²) in [4.78, 5) is 30.8. The Morgan fingerprint density at radius 2 is 2.08 bits per heavy atom. The summed E-state index contributed by atoms with van der Waals surface area (Å²) >= 11 is 1.19. The van der Waals surface area contributed by atoms with E-state index in [1.165, 1.54) is 17.5 Å². The summed E-state index contributed by atoms with van der Waals surface area (Å²) in [6.45, 7) is -0.562. The highest BCUT2D eigenvalue weighted by atomic mass is 32.1. The summed E-state index contributed by atoms with van der Waals surface area (Å²) in [6, 6.07) is 7.30. The Labute approximate surface area is 145 Å². The van der Waals surface area contributed by atoms with Crippen molar-refractivity contribution in [3.63, 3.8) is 0 Å². The van der Waals surface area contributed by atoms with Crippen LogP contribution in [0.4, 0.5) is 0 Å². The number of hydrogen-bond donors (Lipinski definition) is 3. The second kappa shape index (κ2) is 6.73. The quantitative estimate of drug-likeness (QED) is 0.636. The van der Waals surface area contributed by atoms with Gasteiger partial charge in [-0.2, -0.15) is 0 Å². The number of aromatic nitrogens is 2. The fourth-order valence-electron chi connectivity index (χ4n) is 2.23. The van der Waals surface area contributed by atoms with Crippen LogP contribution in [-0.4, -0.2) is 45.7 Å². The molecule has 128 valence electrons. The largest absolute Gasteiger partial charge is 0.504 e. The van der Waals surface area contributed by atoms with E-state index in [0.29, 0.717) is 21.0 Å². The van der Waals surface area contributed by atoms with Gasteiger partial charge in [0.15, 0.2) is 11.4 Å². The predicted molar refractivity (Wildman–Crippen MR) is 91.0 cm³/mol. The van der Waals surface area contributed by atoms with E-state index in [1.807, 2.05) is 18.2 Å². The number of aliphatic carboxylic acids is 1. The van der Waals surface area contributed by atoms with Gasteiger partial charge in [0.2, 0.25) is 0 Å². The number of amides is 1. The number of fused-ring (bicyclic) bond motifs is 1. The molecule has 0 radical (unpaired) electrons. The van der Waals surface area contributed by atoms with Crippen molar-refractivity contribution in [1.82, 2.24) is 15.3 Å². The lowest BCUT2D eigenvalue weighted by Crippen LogP contribution is -2.29. The number of ether oxygens (including phenoxy) is 1. The third-order valence-corrected chi connectivity index (χ3v) is 4.47. The molecule has 0 atom stereocenters. The van der Waals surface area contributed by atoms with Gasteiger partial charge in [-0.05, 0) is 12.1 Å². The molecule has 8 nitrogen and oxygen atoms in total. The Morgan fingerprint density at radius 3 is 2.80 bits per heavy atom. The van der Waals surface area contributed by atoms with Gasteiger partial charge < -0.3 is 20.3 Å². The molecule has 0 aliphatic heterocycles. The Bertz CT molecular complexity index is 970. The number of carbonyl (C=O) groups is 2. The Balaban J connectivity index is 2.03. The summed E-state index contributed by atoms with van der Waals surface area (Å²) in [5.41, 5.74) is 0.935. The van der Waals surface area contributed by atoms with Crippen molar-refractivity contribution in [3.05, 3.63) is 36.2 Å². The number of para-hydroxylation sites is 1. The van der Waals surface area contributed by atoms with Gasteiger partial charge in [-0.3, -0.25) is 9.59 Å². The molecular formula is C16H13N3O5S. The Morgan fingerprint density at radius 1 is 1.32 bits per heavy atom. The molecule has 2 aromatic heterocycles. The van der Waals surface area contributed by atoms with E-state index in [4.69, 9.17) is 9.84 Å². The minimum absolute atomic E-state index is 0.246. The van der Waals surface area contributed by atoms with Crippen molar-refractivity contribution in [3.8, 4) is 22.1 Å². The highest BCUT2D eigenvalue weighted by molar-refractivity contribution is 7.22. The first-order valence-electron chi connectivity index (χ1n) is 7.13. The van der Waals surface area contributed by atoms with Crippen molar-refractivity contribution in [2.24, 2.45) is 0 Å². The van der Waals surface area contributed by atoms with Gasteiger partial charge in [-0.25, -0.2) is 9.97 Å². The number of benzene rings is 1. The lowest BCUT2D eigenvalue weighted by atomic mass is 10.2. The number of carboxylic acids is 1. The zero-order valence-corrected chi connectivity index (χ0v) is 13.8. The molecule has 1 amide bonds. The van der Waals surface area contributed by atoms with E-state index < -0.39 is 18.4 Å². The van der Waals surface area contributed by atoms with Crippen molar-refractivity contribution in [1.29, 1.82) is 0 Å². The molecule has 0 unspecified atom stereocenters. The third-order valence-electron chi connectivity index (χ3n) is 3.36. The number of nitrogens with one attached hydrogen (secondary N) is 1. The van der Waals surface area contributed by atoms with Crippen LogP contribution < -0.4 is 10.1 Å². The van der Waals surface area contributed by atoms with E-state index in [9.17, 15) is 14.7 Å². The highest BCUT2D eigenvalue weighted by Gasteiger charge is 2.20. The van der Waals surface area contributed by atoms with Gasteiger partial charge in [0.05, 0.1) is 18.9 Å². The molecule has 3 rings (SSSR count). The highest BCUT2D eigenvalue weighted by Crippen LogP contribution is 2.39. The number of rotatable bonds is 5. The van der Waals surface area contributed by atoms with E-state index >= 15 is 0 Å². The van der Waals surface area contributed by atoms with Crippen LogP contribution in [0.2, 0.25) is 0 Å². The SMILES string of the molecule is COc1ccccc1-c1nc2cnc(C(=O)NCC(=O)O)c(O)c2s1. The number of carboxylic acid groups (broad SMARTS) is 1. The molecule has 1 aromatic carbocycles.